The number of carboxylic acid groups (broad SMARTS) is 1. The molecule has 0 unspecified atom stereocenters. The van der Waals surface area contributed by atoms with Gasteiger partial charge in [0.2, 0.25) is 5.36 Å². The van der Waals surface area contributed by atoms with E-state index >= 15 is 0 Å². The minimum absolute atomic E-state index is 0.209. The lowest BCUT2D eigenvalue weighted by Gasteiger charge is -2.19. The van der Waals surface area contributed by atoms with Crippen LogP contribution in [0.2, 0.25) is 0 Å². The Morgan fingerprint density at radius 1 is 1.08 bits per heavy atom. The monoisotopic (exact) mass is 506 g/mol. The van der Waals surface area contributed by atoms with Crippen LogP contribution in [0.4, 0.5) is 5.69 Å². The van der Waals surface area contributed by atoms with Crippen LogP contribution in [0.15, 0.2) is 69.9 Å². The van der Waals surface area contributed by atoms with Gasteiger partial charge in [0.1, 0.15) is 25.3 Å². The van der Waals surface area contributed by atoms with Crippen molar-refractivity contribution in [1.82, 2.24) is 9.14 Å². The molecule has 7 nitrogen and oxygen atoms in total. The summed E-state index contributed by atoms with van der Waals surface area (Å²) in [7, 11) is 7.68. The van der Waals surface area contributed by atoms with Gasteiger partial charge in [-0.05, 0) is 36.8 Å². The number of hydrogen-bond donors (Lipinski definition) is 1. The van der Waals surface area contributed by atoms with Gasteiger partial charge in [0, 0.05) is 72.3 Å². The van der Waals surface area contributed by atoms with Crippen molar-refractivity contribution in [3.05, 3.63) is 81.9 Å². The second-order valence-corrected chi connectivity index (χ2v) is 9.44. The quantitative estimate of drug-likeness (QED) is 0.173. The molecule has 5 aromatic rings. The highest BCUT2D eigenvalue weighted by molar-refractivity contribution is 6.15. The van der Waals surface area contributed by atoms with Crippen molar-refractivity contribution in [3.8, 4) is 23.0 Å². The lowest BCUT2D eigenvalue weighted by Crippen LogP contribution is -2.24. The molecule has 0 aliphatic rings. The predicted octanol–water partition coefficient (Wildman–Crippen LogP) is 4.03. The number of aryl methyl sites for hydroxylation is 1. The Morgan fingerprint density at radius 3 is 2.53 bits per heavy atom. The lowest BCUT2D eigenvalue weighted by molar-refractivity contribution is -0.130. The average Bonchev–Trinajstić information content (AvgIpc) is 2.92. The minimum Gasteiger partial charge on any atom is -0.472 e. The second-order valence-electron chi connectivity index (χ2n) is 9.44. The third kappa shape index (κ3) is 4.10. The highest BCUT2D eigenvalue weighted by atomic mass is 16.4. The number of anilines is 1. The molecule has 3 aromatic carbocycles. The first-order chi connectivity index (χ1) is 18.2. The van der Waals surface area contributed by atoms with Gasteiger partial charge in [-0.15, -0.1) is 0 Å². The molecular weight excluding hydrogens is 478 g/mol. The van der Waals surface area contributed by atoms with Gasteiger partial charge in [-0.1, -0.05) is 24.1 Å². The maximum Gasteiger partial charge on any atom is 0.382 e. The zero-order chi connectivity index (χ0) is 27.1. The minimum atomic E-state index is -1.22. The van der Waals surface area contributed by atoms with Crippen molar-refractivity contribution in [2.24, 2.45) is 7.05 Å². The average molecular weight is 507 g/mol. The lowest BCUT2D eigenvalue weighted by atomic mass is 9.93. The number of carbonyl (C=O) groups is 1. The fourth-order valence-electron chi connectivity index (χ4n) is 4.78. The number of benzene rings is 3. The first-order valence-electron chi connectivity index (χ1n) is 12.3. The van der Waals surface area contributed by atoms with Crippen molar-refractivity contribution < 1.29 is 14.3 Å². The number of hydrogen-bond acceptors (Lipinski definition) is 4. The summed E-state index contributed by atoms with van der Waals surface area (Å²) < 4.78 is 10.2. The van der Waals surface area contributed by atoms with E-state index in [1.807, 2.05) is 74.2 Å². The SMILES string of the molecule is CCN(C)c1ccc2c(-c3ccccc3C#CC(=O)O)c3c(=O)n(C)c4cc(=[N+](C)C)ccc4c3oc2c1. The van der Waals surface area contributed by atoms with Crippen molar-refractivity contribution in [2.45, 2.75) is 6.92 Å². The second kappa shape index (κ2) is 9.56. The van der Waals surface area contributed by atoms with Crippen molar-refractivity contribution in [1.29, 1.82) is 0 Å². The Bertz CT molecular complexity index is 1970. The molecule has 38 heavy (non-hydrogen) atoms. The number of aliphatic carboxylic acids is 1. The zero-order valence-corrected chi connectivity index (χ0v) is 22.0. The summed E-state index contributed by atoms with van der Waals surface area (Å²) in [5.74, 6) is 3.77. The van der Waals surface area contributed by atoms with Crippen LogP contribution in [-0.2, 0) is 11.8 Å². The number of nitrogens with zero attached hydrogens (tertiary/aromatic N) is 3. The van der Waals surface area contributed by atoms with E-state index in [0.29, 0.717) is 33.2 Å². The number of aromatic nitrogens is 1. The number of carboxylic acids is 1. The molecule has 0 atom stereocenters. The molecule has 1 N–H and O–H groups in total. The molecule has 0 amide bonds. The van der Waals surface area contributed by atoms with E-state index in [1.165, 1.54) is 0 Å². The Balaban J connectivity index is 2.04. The number of pyridine rings is 1. The molecule has 2 aromatic heterocycles. The van der Waals surface area contributed by atoms with Crippen LogP contribution in [0.25, 0.3) is 44.0 Å². The summed E-state index contributed by atoms with van der Waals surface area (Å²) in [6.45, 7) is 2.89. The molecule has 0 saturated heterocycles. The molecule has 0 saturated carbocycles. The van der Waals surface area contributed by atoms with E-state index < -0.39 is 5.97 Å². The number of fused-ring (bicyclic) bond motifs is 4. The summed E-state index contributed by atoms with van der Waals surface area (Å²) in [5, 5.41) is 12.1. The molecule has 0 aliphatic heterocycles. The van der Waals surface area contributed by atoms with Gasteiger partial charge in [0.05, 0.1) is 10.9 Å². The normalized spacial score (nSPS) is 11.0. The van der Waals surface area contributed by atoms with Crippen LogP contribution >= 0.6 is 0 Å². The molecule has 0 aliphatic carbocycles. The predicted molar refractivity (Wildman–Crippen MR) is 152 cm³/mol. The van der Waals surface area contributed by atoms with E-state index in [1.54, 1.807) is 23.7 Å². The first kappa shape index (κ1) is 24.8. The van der Waals surface area contributed by atoms with Gasteiger partial charge >= 0.3 is 5.97 Å². The van der Waals surface area contributed by atoms with Gasteiger partial charge in [0.15, 0.2) is 0 Å². The summed E-state index contributed by atoms with van der Waals surface area (Å²) in [6, 6.07) is 19.2. The maximum absolute atomic E-state index is 14.0. The highest BCUT2D eigenvalue weighted by Gasteiger charge is 2.21. The van der Waals surface area contributed by atoms with Gasteiger partial charge in [0.25, 0.3) is 5.56 Å². The van der Waals surface area contributed by atoms with Crippen molar-refractivity contribution in [2.75, 3.05) is 32.6 Å². The molecule has 0 fully saturated rings. The molecule has 2 heterocycles. The third-order valence-corrected chi connectivity index (χ3v) is 6.96. The van der Waals surface area contributed by atoms with Gasteiger partial charge in [-0.3, -0.25) is 4.79 Å². The van der Waals surface area contributed by atoms with Crippen LogP contribution in [-0.4, -0.2) is 43.3 Å². The van der Waals surface area contributed by atoms with E-state index in [2.05, 4.69) is 23.7 Å². The Morgan fingerprint density at radius 2 is 1.82 bits per heavy atom. The number of rotatable bonds is 3. The van der Waals surface area contributed by atoms with E-state index in [9.17, 15) is 14.7 Å². The summed E-state index contributed by atoms with van der Waals surface area (Å²) in [5.41, 5.74) is 4.49. The topological polar surface area (TPSA) is 78.7 Å². The standard InChI is InChI=1S/C31H27N3O4/c1-6-33(4)21-13-15-24-26(18-21)38-30-23-14-12-20(32(2)3)17-25(23)34(5)31(37)29(30)28(24)22-10-8-7-9-19(22)11-16-27(35)36/h7-10,12-15,17-18H,6H2,1-5H3/p+1. The fraction of sp³-hybridized carbons (Fsp3) is 0.194. The highest BCUT2D eigenvalue weighted by Crippen LogP contribution is 2.39. The largest absolute Gasteiger partial charge is 0.472 e. The van der Waals surface area contributed by atoms with Crippen molar-refractivity contribution >= 4 is 44.5 Å². The van der Waals surface area contributed by atoms with Crippen LogP contribution in [0, 0.1) is 11.8 Å². The molecule has 5 rings (SSSR count). The first-order valence-corrected chi connectivity index (χ1v) is 12.3. The Hall–Kier alpha value is -4.83. The fourth-order valence-corrected chi connectivity index (χ4v) is 4.78. The van der Waals surface area contributed by atoms with Gasteiger partial charge in [-0.25, -0.2) is 9.37 Å². The maximum atomic E-state index is 14.0. The molecule has 0 bridgehead atoms. The van der Waals surface area contributed by atoms with E-state index in [0.717, 1.165) is 33.9 Å². The van der Waals surface area contributed by atoms with Crippen LogP contribution in [0.3, 0.4) is 0 Å². The molecule has 190 valence electrons. The summed E-state index contributed by atoms with van der Waals surface area (Å²) >= 11 is 0. The summed E-state index contributed by atoms with van der Waals surface area (Å²) in [6.07, 6.45) is 0. The van der Waals surface area contributed by atoms with Crippen LogP contribution < -0.4 is 20.4 Å². The summed E-state index contributed by atoms with van der Waals surface area (Å²) in [4.78, 5) is 27.4. The Labute approximate surface area is 219 Å². The zero-order valence-electron chi connectivity index (χ0n) is 22.0. The third-order valence-electron chi connectivity index (χ3n) is 6.96. The van der Waals surface area contributed by atoms with E-state index in [-0.39, 0.29) is 5.56 Å². The molecule has 7 heteroatoms. The molecular formula is C31H28N3O4+. The van der Waals surface area contributed by atoms with Crippen LogP contribution in [0.1, 0.15) is 12.5 Å². The van der Waals surface area contributed by atoms with Crippen molar-refractivity contribution in [3.63, 3.8) is 0 Å². The Kier molecular flexibility index (Phi) is 6.25. The van der Waals surface area contributed by atoms with Gasteiger partial charge in [-0.2, -0.15) is 0 Å². The smallest absolute Gasteiger partial charge is 0.382 e. The molecule has 0 spiro atoms. The van der Waals surface area contributed by atoms with Crippen LogP contribution in [0.5, 0.6) is 0 Å². The van der Waals surface area contributed by atoms with E-state index in [4.69, 9.17) is 4.42 Å². The van der Waals surface area contributed by atoms with Gasteiger partial charge < -0.3 is 19.0 Å². The molecule has 0 radical (unpaired) electrons.